The molecule has 1 saturated heterocycles. The van der Waals surface area contributed by atoms with Crippen LogP contribution in [0.15, 0.2) is 18.2 Å². The van der Waals surface area contributed by atoms with E-state index in [0.717, 1.165) is 38.1 Å². The lowest BCUT2D eigenvalue weighted by atomic mass is 10.2. The number of hydrogen-bond acceptors (Lipinski definition) is 3. The van der Waals surface area contributed by atoms with Gasteiger partial charge in [-0.2, -0.15) is 0 Å². The van der Waals surface area contributed by atoms with Gasteiger partial charge in [-0.1, -0.05) is 0 Å². The normalized spacial score (nSPS) is 20.5. The fourth-order valence-corrected chi connectivity index (χ4v) is 2.08. The molecule has 2 atom stereocenters. The third-order valence-electron chi connectivity index (χ3n) is 3.06. The van der Waals surface area contributed by atoms with Gasteiger partial charge in [0.25, 0.3) is 0 Å². The second kappa shape index (κ2) is 6.82. The first-order valence-corrected chi connectivity index (χ1v) is 6.59. The highest BCUT2D eigenvalue weighted by molar-refractivity contribution is 5.23. The largest absolute Gasteiger partial charge is 0.489 e. The Morgan fingerprint density at radius 3 is 2.95 bits per heavy atom. The van der Waals surface area contributed by atoms with Crippen LogP contribution < -0.4 is 10.1 Å². The summed E-state index contributed by atoms with van der Waals surface area (Å²) in [7, 11) is 0. The van der Waals surface area contributed by atoms with Gasteiger partial charge in [0.15, 0.2) is 11.6 Å². The maximum absolute atomic E-state index is 13.0. The van der Waals surface area contributed by atoms with Gasteiger partial charge in [0.1, 0.15) is 11.9 Å². The van der Waals surface area contributed by atoms with Gasteiger partial charge in [-0.05, 0) is 31.9 Å². The molecule has 0 spiro atoms. The molecule has 0 radical (unpaired) electrons. The van der Waals surface area contributed by atoms with Gasteiger partial charge >= 0.3 is 0 Å². The van der Waals surface area contributed by atoms with Crippen molar-refractivity contribution in [2.24, 2.45) is 0 Å². The summed E-state index contributed by atoms with van der Waals surface area (Å²) in [6.07, 6.45) is 2.38. The summed E-state index contributed by atoms with van der Waals surface area (Å²) >= 11 is 0. The zero-order valence-electron chi connectivity index (χ0n) is 11.0. The van der Waals surface area contributed by atoms with Gasteiger partial charge in [0.2, 0.25) is 0 Å². The van der Waals surface area contributed by atoms with Crippen LogP contribution in [0.4, 0.5) is 8.78 Å². The molecule has 0 bridgehead atoms. The Labute approximate surface area is 111 Å². The third kappa shape index (κ3) is 4.44. The first kappa shape index (κ1) is 14.2. The standard InChI is InChI=1S/C14H19F2NO2/c1-10(8-17-9-12-3-2-6-18-12)19-11-4-5-13(15)14(16)7-11/h4-5,7,10,12,17H,2-3,6,8-9H2,1H3. The van der Waals surface area contributed by atoms with Crippen LogP contribution in [-0.2, 0) is 4.74 Å². The van der Waals surface area contributed by atoms with E-state index in [1.54, 1.807) is 0 Å². The monoisotopic (exact) mass is 271 g/mol. The lowest BCUT2D eigenvalue weighted by Crippen LogP contribution is -2.34. The number of rotatable bonds is 6. The zero-order chi connectivity index (χ0) is 13.7. The summed E-state index contributed by atoms with van der Waals surface area (Å²) in [5.41, 5.74) is 0. The van der Waals surface area contributed by atoms with Crippen LogP contribution in [0.25, 0.3) is 0 Å². The van der Waals surface area contributed by atoms with Crippen molar-refractivity contribution in [1.82, 2.24) is 5.32 Å². The summed E-state index contributed by atoms with van der Waals surface area (Å²) in [5.74, 6) is -1.42. The predicted octanol–water partition coefficient (Wildman–Crippen LogP) is 2.50. The van der Waals surface area contributed by atoms with Crippen LogP contribution in [-0.4, -0.2) is 31.9 Å². The Hall–Kier alpha value is -1.20. The smallest absolute Gasteiger partial charge is 0.162 e. The van der Waals surface area contributed by atoms with E-state index in [1.165, 1.54) is 6.07 Å². The van der Waals surface area contributed by atoms with Crippen molar-refractivity contribution >= 4 is 0 Å². The van der Waals surface area contributed by atoms with Crippen LogP contribution in [0.1, 0.15) is 19.8 Å². The van der Waals surface area contributed by atoms with Crippen LogP contribution >= 0.6 is 0 Å². The molecule has 0 aromatic heterocycles. The molecule has 1 heterocycles. The Bertz CT molecular complexity index is 408. The zero-order valence-corrected chi connectivity index (χ0v) is 11.0. The average molecular weight is 271 g/mol. The van der Waals surface area contributed by atoms with E-state index in [0.29, 0.717) is 12.3 Å². The van der Waals surface area contributed by atoms with Crippen LogP contribution in [0, 0.1) is 11.6 Å². The highest BCUT2D eigenvalue weighted by Crippen LogP contribution is 2.16. The number of benzene rings is 1. The molecule has 1 fully saturated rings. The minimum atomic E-state index is -0.892. The fourth-order valence-electron chi connectivity index (χ4n) is 2.08. The van der Waals surface area contributed by atoms with E-state index in [2.05, 4.69) is 5.32 Å². The van der Waals surface area contributed by atoms with Gasteiger partial charge in [-0.15, -0.1) is 0 Å². The molecule has 3 nitrogen and oxygen atoms in total. The highest BCUT2D eigenvalue weighted by atomic mass is 19.2. The molecule has 1 aromatic carbocycles. The molecule has 1 N–H and O–H groups in total. The summed E-state index contributed by atoms with van der Waals surface area (Å²) in [6.45, 7) is 4.15. The SMILES string of the molecule is CC(CNCC1CCCO1)Oc1ccc(F)c(F)c1. The Balaban J connectivity index is 1.70. The number of halogens is 2. The van der Waals surface area contributed by atoms with Gasteiger partial charge < -0.3 is 14.8 Å². The van der Waals surface area contributed by atoms with Crippen molar-refractivity contribution in [2.75, 3.05) is 19.7 Å². The molecule has 1 aliphatic rings. The van der Waals surface area contributed by atoms with Crippen molar-refractivity contribution in [1.29, 1.82) is 0 Å². The van der Waals surface area contributed by atoms with Crippen LogP contribution in [0.5, 0.6) is 5.75 Å². The summed E-state index contributed by atoms with van der Waals surface area (Å²) in [6, 6.07) is 3.55. The summed E-state index contributed by atoms with van der Waals surface area (Å²) in [4.78, 5) is 0. The Morgan fingerprint density at radius 2 is 2.26 bits per heavy atom. The molecule has 0 amide bonds. The molecule has 2 unspecified atom stereocenters. The predicted molar refractivity (Wildman–Crippen MR) is 68.3 cm³/mol. The summed E-state index contributed by atoms with van der Waals surface area (Å²) < 4.78 is 36.7. The van der Waals surface area contributed by atoms with Crippen molar-refractivity contribution in [2.45, 2.75) is 32.0 Å². The first-order chi connectivity index (χ1) is 9.15. The molecule has 0 saturated carbocycles. The van der Waals surface area contributed by atoms with Crippen molar-refractivity contribution in [3.8, 4) is 5.75 Å². The van der Waals surface area contributed by atoms with E-state index >= 15 is 0 Å². The maximum atomic E-state index is 13.0. The molecule has 0 aliphatic carbocycles. The van der Waals surface area contributed by atoms with Crippen molar-refractivity contribution < 1.29 is 18.3 Å². The second-order valence-corrected chi connectivity index (χ2v) is 4.80. The molecule has 1 aliphatic heterocycles. The summed E-state index contributed by atoms with van der Waals surface area (Å²) in [5, 5.41) is 3.26. The molecule has 19 heavy (non-hydrogen) atoms. The molecule has 1 aromatic rings. The maximum Gasteiger partial charge on any atom is 0.162 e. The van der Waals surface area contributed by atoms with E-state index in [9.17, 15) is 8.78 Å². The van der Waals surface area contributed by atoms with Gasteiger partial charge in [0.05, 0.1) is 6.10 Å². The van der Waals surface area contributed by atoms with Crippen molar-refractivity contribution in [3.63, 3.8) is 0 Å². The van der Waals surface area contributed by atoms with Crippen molar-refractivity contribution in [3.05, 3.63) is 29.8 Å². The molecule has 106 valence electrons. The Kier molecular flexibility index (Phi) is 5.10. The quantitative estimate of drug-likeness (QED) is 0.862. The minimum absolute atomic E-state index is 0.119. The van der Waals surface area contributed by atoms with Crippen LogP contribution in [0.2, 0.25) is 0 Å². The van der Waals surface area contributed by atoms with Gasteiger partial charge in [-0.25, -0.2) is 8.78 Å². The second-order valence-electron chi connectivity index (χ2n) is 4.80. The van der Waals surface area contributed by atoms with E-state index in [-0.39, 0.29) is 12.2 Å². The number of hydrogen-bond donors (Lipinski definition) is 1. The van der Waals surface area contributed by atoms with E-state index in [4.69, 9.17) is 9.47 Å². The Morgan fingerprint density at radius 1 is 1.42 bits per heavy atom. The van der Waals surface area contributed by atoms with Gasteiger partial charge in [0, 0.05) is 25.8 Å². The molecular weight excluding hydrogens is 252 g/mol. The van der Waals surface area contributed by atoms with Gasteiger partial charge in [-0.3, -0.25) is 0 Å². The van der Waals surface area contributed by atoms with E-state index < -0.39 is 11.6 Å². The fraction of sp³-hybridized carbons (Fsp3) is 0.571. The average Bonchev–Trinajstić information content (AvgIpc) is 2.87. The van der Waals surface area contributed by atoms with Crippen LogP contribution in [0.3, 0.4) is 0 Å². The number of nitrogens with one attached hydrogen (secondary N) is 1. The minimum Gasteiger partial charge on any atom is -0.489 e. The molecule has 5 heteroatoms. The third-order valence-corrected chi connectivity index (χ3v) is 3.06. The highest BCUT2D eigenvalue weighted by Gasteiger charge is 2.15. The lowest BCUT2D eigenvalue weighted by molar-refractivity contribution is 0.106. The lowest BCUT2D eigenvalue weighted by Gasteiger charge is -2.17. The topological polar surface area (TPSA) is 30.5 Å². The van der Waals surface area contributed by atoms with E-state index in [1.807, 2.05) is 6.92 Å². The first-order valence-electron chi connectivity index (χ1n) is 6.59. The number of ether oxygens (including phenoxy) is 2. The molecular formula is C14H19F2NO2. The molecule has 2 rings (SSSR count).